The minimum absolute atomic E-state index is 0.156. The van der Waals surface area contributed by atoms with Crippen molar-refractivity contribution in [2.24, 2.45) is 11.7 Å². The van der Waals surface area contributed by atoms with E-state index >= 15 is 0 Å². The van der Waals surface area contributed by atoms with Gasteiger partial charge in [0.15, 0.2) is 0 Å². The quantitative estimate of drug-likeness (QED) is 0.780. The van der Waals surface area contributed by atoms with Crippen molar-refractivity contribution in [3.63, 3.8) is 0 Å². The molecule has 0 spiro atoms. The van der Waals surface area contributed by atoms with Gasteiger partial charge < -0.3 is 10.6 Å². The summed E-state index contributed by atoms with van der Waals surface area (Å²) in [5.41, 5.74) is 5.97. The van der Waals surface area contributed by atoms with Crippen LogP contribution in [-0.4, -0.2) is 29.4 Å². The molecule has 1 aliphatic rings. The van der Waals surface area contributed by atoms with Crippen LogP contribution in [0.3, 0.4) is 0 Å². The average molecular weight is 226 g/mol. The van der Waals surface area contributed by atoms with Crippen molar-refractivity contribution in [1.82, 2.24) is 4.90 Å². The lowest BCUT2D eigenvalue weighted by atomic mass is 10.0. The highest BCUT2D eigenvalue weighted by Gasteiger charge is 2.28. The average Bonchev–Trinajstić information content (AvgIpc) is 2.71. The molecule has 1 fully saturated rings. The van der Waals surface area contributed by atoms with E-state index in [2.05, 4.69) is 20.8 Å². The molecule has 1 aliphatic carbocycles. The number of amides is 1. The molecule has 0 aliphatic heterocycles. The summed E-state index contributed by atoms with van der Waals surface area (Å²) in [4.78, 5) is 14.2. The fraction of sp³-hybridized carbons (Fsp3) is 0.923. The lowest BCUT2D eigenvalue weighted by molar-refractivity contribution is -0.135. The molecule has 0 aromatic rings. The Hall–Kier alpha value is -0.570. The number of nitrogens with zero attached hydrogens (tertiary/aromatic N) is 1. The number of nitrogens with two attached hydrogens (primary N) is 1. The summed E-state index contributed by atoms with van der Waals surface area (Å²) in [6.45, 7) is 7.07. The zero-order valence-corrected chi connectivity index (χ0v) is 10.9. The van der Waals surface area contributed by atoms with E-state index in [1.54, 1.807) is 0 Å². The van der Waals surface area contributed by atoms with Gasteiger partial charge in [0.25, 0.3) is 0 Å². The largest absolute Gasteiger partial charge is 0.339 e. The van der Waals surface area contributed by atoms with Crippen molar-refractivity contribution >= 4 is 5.91 Å². The third kappa shape index (κ3) is 3.48. The molecule has 0 heterocycles. The van der Waals surface area contributed by atoms with Crippen LogP contribution in [0.2, 0.25) is 0 Å². The summed E-state index contributed by atoms with van der Waals surface area (Å²) in [6.07, 6.45) is 5.63. The Labute approximate surface area is 99.4 Å². The molecule has 2 N–H and O–H groups in total. The van der Waals surface area contributed by atoms with Crippen LogP contribution in [0, 0.1) is 5.92 Å². The van der Waals surface area contributed by atoms with Crippen molar-refractivity contribution in [2.45, 2.75) is 65.0 Å². The first-order chi connectivity index (χ1) is 7.56. The van der Waals surface area contributed by atoms with Crippen molar-refractivity contribution in [3.8, 4) is 0 Å². The van der Waals surface area contributed by atoms with Gasteiger partial charge in [0.1, 0.15) is 0 Å². The fourth-order valence-corrected chi connectivity index (χ4v) is 2.63. The van der Waals surface area contributed by atoms with Crippen molar-refractivity contribution in [2.75, 3.05) is 6.54 Å². The summed E-state index contributed by atoms with van der Waals surface area (Å²) in [7, 11) is 0. The van der Waals surface area contributed by atoms with Gasteiger partial charge in [-0.15, -0.1) is 0 Å². The van der Waals surface area contributed by atoms with E-state index in [0.29, 0.717) is 12.0 Å². The molecular weight excluding hydrogens is 200 g/mol. The van der Waals surface area contributed by atoms with E-state index in [9.17, 15) is 4.79 Å². The first-order valence-corrected chi connectivity index (χ1v) is 6.62. The number of hydrogen-bond acceptors (Lipinski definition) is 2. The fourth-order valence-electron chi connectivity index (χ4n) is 2.63. The first-order valence-electron chi connectivity index (χ1n) is 6.62. The van der Waals surface area contributed by atoms with Gasteiger partial charge in [-0.3, -0.25) is 4.79 Å². The minimum atomic E-state index is -0.305. The zero-order valence-electron chi connectivity index (χ0n) is 10.9. The maximum Gasteiger partial charge on any atom is 0.239 e. The van der Waals surface area contributed by atoms with Crippen LogP contribution < -0.4 is 5.73 Å². The smallest absolute Gasteiger partial charge is 0.239 e. The molecule has 0 unspecified atom stereocenters. The van der Waals surface area contributed by atoms with Gasteiger partial charge in [-0.2, -0.15) is 0 Å². The highest BCUT2D eigenvalue weighted by Crippen LogP contribution is 2.24. The molecule has 94 valence electrons. The summed E-state index contributed by atoms with van der Waals surface area (Å²) < 4.78 is 0. The second kappa shape index (κ2) is 6.24. The third-order valence-corrected chi connectivity index (χ3v) is 3.43. The van der Waals surface area contributed by atoms with Crippen LogP contribution in [0.1, 0.15) is 52.9 Å². The van der Waals surface area contributed by atoms with Gasteiger partial charge in [-0.05, 0) is 32.1 Å². The summed E-state index contributed by atoms with van der Waals surface area (Å²) in [6, 6.07) is 0.149. The second-order valence-corrected chi connectivity index (χ2v) is 5.30. The minimum Gasteiger partial charge on any atom is -0.339 e. The number of carbonyl (C=O) groups is 1. The molecule has 0 saturated heterocycles. The van der Waals surface area contributed by atoms with E-state index in [-0.39, 0.29) is 11.9 Å². The van der Waals surface area contributed by atoms with Gasteiger partial charge in [0, 0.05) is 12.6 Å². The van der Waals surface area contributed by atoms with Crippen molar-refractivity contribution in [3.05, 3.63) is 0 Å². The molecule has 0 bridgehead atoms. The highest BCUT2D eigenvalue weighted by molar-refractivity contribution is 5.82. The molecule has 1 atom stereocenters. The molecule has 3 heteroatoms. The standard InChI is InChI=1S/C13H26N2O/c1-4-15(11-7-5-6-8-11)13(16)12(14)9-10(2)3/h10-12H,4-9,14H2,1-3H3/t12-/m1/s1. The number of likely N-dealkylation sites (N-methyl/N-ethyl adjacent to an activating group) is 1. The molecule has 1 amide bonds. The maximum atomic E-state index is 12.2. The van der Waals surface area contributed by atoms with E-state index < -0.39 is 0 Å². The van der Waals surface area contributed by atoms with Crippen LogP contribution in [0.5, 0.6) is 0 Å². The van der Waals surface area contributed by atoms with Gasteiger partial charge >= 0.3 is 0 Å². The summed E-state index contributed by atoms with van der Waals surface area (Å²) >= 11 is 0. The molecule has 1 rings (SSSR count). The van der Waals surface area contributed by atoms with Crippen LogP contribution >= 0.6 is 0 Å². The van der Waals surface area contributed by atoms with E-state index in [1.165, 1.54) is 12.8 Å². The Morgan fingerprint density at radius 3 is 2.38 bits per heavy atom. The first kappa shape index (κ1) is 13.5. The summed E-state index contributed by atoms with van der Waals surface area (Å²) in [5, 5.41) is 0. The van der Waals surface area contributed by atoms with Crippen LogP contribution in [-0.2, 0) is 4.79 Å². The molecule has 16 heavy (non-hydrogen) atoms. The molecule has 3 nitrogen and oxygen atoms in total. The highest BCUT2D eigenvalue weighted by atomic mass is 16.2. The topological polar surface area (TPSA) is 46.3 Å². The van der Waals surface area contributed by atoms with Crippen molar-refractivity contribution < 1.29 is 4.79 Å². The molecule has 0 aromatic heterocycles. The second-order valence-electron chi connectivity index (χ2n) is 5.30. The number of carbonyl (C=O) groups excluding carboxylic acids is 1. The maximum absolute atomic E-state index is 12.2. The van der Waals surface area contributed by atoms with Crippen LogP contribution in [0.15, 0.2) is 0 Å². The Bertz CT molecular complexity index is 222. The molecule has 0 aromatic carbocycles. The Morgan fingerprint density at radius 1 is 1.38 bits per heavy atom. The monoisotopic (exact) mass is 226 g/mol. The normalized spacial score (nSPS) is 19.1. The number of rotatable bonds is 5. The predicted octanol–water partition coefficient (Wildman–Crippen LogP) is 2.15. The van der Waals surface area contributed by atoms with Crippen molar-refractivity contribution in [1.29, 1.82) is 0 Å². The van der Waals surface area contributed by atoms with E-state index in [4.69, 9.17) is 5.73 Å². The van der Waals surface area contributed by atoms with Crippen LogP contribution in [0.4, 0.5) is 0 Å². The predicted molar refractivity (Wildman–Crippen MR) is 67.1 cm³/mol. The van der Waals surface area contributed by atoms with Crippen LogP contribution in [0.25, 0.3) is 0 Å². The molecule has 1 saturated carbocycles. The van der Waals surface area contributed by atoms with Gasteiger partial charge in [-0.25, -0.2) is 0 Å². The molecule has 0 radical (unpaired) electrons. The lowest BCUT2D eigenvalue weighted by Gasteiger charge is -2.30. The SMILES string of the molecule is CCN(C(=O)[C@H](N)CC(C)C)C1CCCC1. The van der Waals surface area contributed by atoms with E-state index in [0.717, 1.165) is 25.8 Å². The Kier molecular flexibility index (Phi) is 5.26. The van der Waals surface area contributed by atoms with E-state index in [1.807, 2.05) is 4.90 Å². The van der Waals surface area contributed by atoms with Gasteiger partial charge in [-0.1, -0.05) is 26.7 Å². The Balaban J connectivity index is 2.54. The Morgan fingerprint density at radius 2 is 1.94 bits per heavy atom. The third-order valence-electron chi connectivity index (χ3n) is 3.43. The summed E-state index contributed by atoms with van der Waals surface area (Å²) in [5.74, 6) is 0.643. The zero-order chi connectivity index (χ0) is 12.1. The van der Waals surface area contributed by atoms with Gasteiger partial charge in [0.05, 0.1) is 6.04 Å². The number of hydrogen-bond donors (Lipinski definition) is 1. The lowest BCUT2D eigenvalue weighted by Crippen LogP contribution is -2.48. The molecular formula is C13H26N2O. The van der Waals surface area contributed by atoms with Gasteiger partial charge in [0.2, 0.25) is 5.91 Å².